The van der Waals surface area contributed by atoms with Gasteiger partial charge in [0.25, 0.3) is 0 Å². The molecule has 0 unspecified atom stereocenters. The minimum Gasteiger partial charge on any atom is -0.340 e. The lowest BCUT2D eigenvalue weighted by Gasteiger charge is -2.33. The van der Waals surface area contributed by atoms with Crippen molar-refractivity contribution in [1.29, 1.82) is 0 Å². The van der Waals surface area contributed by atoms with Gasteiger partial charge in [0.05, 0.1) is 6.54 Å². The van der Waals surface area contributed by atoms with Crippen molar-refractivity contribution >= 4 is 17.8 Å². The predicted molar refractivity (Wildman–Crippen MR) is 77.6 cm³/mol. The van der Waals surface area contributed by atoms with Crippen molar-refractivity contribution in [1.82, 2.24) is 20.4 Å². The summed E-state index contributed by atoms with van der Waals surface area (Å²) in [6.07, 6.45) is 4.27. The van der Waals surface area contributed by atoms with Gasteiger partial charge in [0.2, 0.25) is 11.8 Å². The number of carbonyl (C=O) groups is 3. The second kappa shape index (κ2) is 7.40. The third kappa shape index (κ3) is 5.00. The number of hydrogen-bond acceptors (Lipinski definition) is 4. The zero-order valence-corrected chi connectivity index (χ0v) is 12.6. The molecule has 0 spiro atoms. The quantitative estimate of drug-likeness (QED) is 0.763. The van der Waals surface area contributed by atoms with Crippen molar-refractivity contribution in [2.24, 2.45) is 0 Å². The van der Waals surface area contributed by atoms with E-state index in [1.807, 2.05) is 4.90 Å². The van der Waals surface area contributed by atoms with Crippen LogP contribution in [0.1, 0.15) is 32.6 Å². The third-order valence-electron chi connectivity index (χ3n) is 4.13. The lowest BCUT2D eigenvalue weighted by Crippen LogP contribution is -2.52. The molecule has 0 aromatic rings. The third-order valence-corrected chi connectivity index (χ3v) is 4.13. The van der Waals surface area contributed by atoms with Gasteiger partial charge in [-0.05, 0) is 12.8 Å². The minimum absolute atomic E-state index is 0.0649. The van der Waals surface area contributed by atoms with E-state index in [0.29, 0.717) is 26.2 Å². The van der Waals surface area contributed by atoms with Crippen molar-refractivity contribution in [3.05, 3.63) is 0 Å². The number of carbonyl (C=O) groups excluding carboxylic acids is 3. The van der Waals surface area contributed by atoms with Crippen molar-refractivity contribution in [2.75, 3.05) is 32.7 Å². The molecule has 0 aromatic carbocycles. The van der Waals surface area contributed by atoms with Crippen molar-refractivity contribution in [3.63, 3.8) is 0 Å². The fourth-order valence-electron chi connectivity index (χ4n) is 2.88. The SMILES string of the molecule is CC(=O)N1CCN(CC(=O)NC(=O)NC2CCCC2)CC1. The van der Waals surface area contributed by atoms with E-state index in [4.69, 9.17) is 0 Å². The molecule has 0 atom stereocenters. The molecule has 1 aliphatic heterocycles. The second-order valence-electron chi connectivity index (χ2n) is 5.79. The summed E-state index contributed by atoms with van der Waals surface area (Å²) in [5.41, 5.74) is 0. The molecular weight excluding hydrogens is 272 g/mol. The Morgan fingerprint density at radius 1 is 1.05 bits per heavy atom. The molecule has 0 aromatic heterocycles. The summed E-state index contributed by atoms with van der Waals surface area (Å²) in [7, 11) is 0. The van der Waals surface area contributed by atoms with Gasteiger partial charge in [-0.1, -0.05) is 12.8 Å². The van der Waals surface area contributed by atoms with Gasteiger partial charge in [-0.3, -0.25) is 19.8 Å². The molecule has 2 N–H and O–H groups in total. The molecule has 0 bridgehead atoms. The Morgan fingerprint density at radius 2 is 1.67 bits per heavy atom. The topological polar surface area (TPSA) is 81.8 Å². The normalized spacial score (nSPS) is 20.3. The molecule has 21 heavy (non-hydrogen) atoms. The summed E-state index contributed by atoms with van der Waals surface area (Å²) in [5, 5.41) is 5.20. The zero-order chi connectivity index (χ0) is 15.2. The van der Waals surface area contributed by atoms with Gasteiger partial charge in [0.15, 0.2) is 0 Å². The van der Waals surface area contributed by atoms with Crippen LogP contribution in [-0.2, 0) is 9.59 Å². The number of nitrogens with one attached hydrogen (secondary N) is 2. The Balaban J connectivity index is 1.65. The molecule has 1 heterocycles. The first-order chi connectivity index (χ1) is 10.0. The Morgan fingerprint density at radius 3 is 2.24 bits per heavy atom. The molecule has 2 rings (SSSR count). The van der Waals surface area contributed by atoms with Crippen LogP contribution in [0.5, 0.6) is 0 Å². The van der Waals surface area contributed by atoms with Gasteiger partial charge in [0, 0.05) is 39.1 Å². The van der Waals surface area contributed by atoms with Crippen LogP contribution in [0.2, 0.25) is 0 Å². The van der Waals surface area contributed by atoms with Gasteiger partial charge < -0.3 is 10.2 Å². The van der Waals surface area contributed by atoms with Gasteiger partial charge in [-0.2, -0.15) is 0 Å². The number of imide groups is 1. The molecule has 1 saturated carbocycles. The number of amides is 4. The van der Waals surface area contributed by atoms with Crippen molar-refractivity contribution in [2.45, 2.75) is 38.6 Å². The Labute approximate surface area is 125 Å². The maximum Gasteiger partial charge on any atom is 0.321 e. The Kier molecular flexibility index (Phi) is 5.55. The molecule has 1 aliphatic carbocycles. The monoisotopic (exact) mass is 296 g/mol. The fraction of sp³-hybridized carbons (Fsp3) is 0.786. The summed E-state index contributed by atoms with van der Waals surface area (Å²) in [4.78, 5) is 38.4. The van der Waals surface area contributed by atoms with Gasteiger partial charge in [-0.15, -0.1) is 0 Å². The van der Waals surface area contributed by atoms with E-state index >= 15 is 0 Å². The first kappa shape index (κ1) is 15.8. The largest absolute Gasteiger partial charge is 0.340 e. The molecule has 0 radical (unpaired) electrons. The van der Waals surface area contributed by atoms with Crippen molar-refractivity contribution in [3.8, 4) is 0 Å². The maximum atomic E-state index is 11.8. The number of nitrogens with zero attached hydrogens (tertiary/aromatic N) is 2. The maximum absolute atomic E-state index is 11.8. The highest BCUT2D eigenvalue weighted by Crippen LogP contribution is 2.17. The van der Waals surface area contributed by atoms with Crippen LogP contribution in [0.4, 0.5) is 4.79 Å². The molecular formula is C14H24N4O3. The molecule has 7 nitrogen and oxygen atoms in total. The smallest absolute Gasteiger partial charge is 0.321 e. The number of urea groups is 1. The standard InChI is InChI=1S/C14H24N4O3/c1-11(19)18-8-6-17(7-9-18)10-13(20)16-14(21)15-12-4-2-3-5-12/h12H,2-10H2,1H3,(H2,15,16,20,21). The van der Waals surface area contributed by atoms with Crippen LogP contribution in [0.15, 0.2) is 0 Å². The van der Waals surface area contributed by atoms with E-state index < -0.39 is 6.03 Å². The number of piperazine rings is 1. The van der Waals surface area contributed by atoms with Gasteiger partial charge in [-0.25, -0.2) is 4.79 Å². The first-order valence-corrected chi connectivity index (χ1v) is 7.63. The average molecular weight is 296 g/mol. The van der Waals surface area contributed by atoms with E-state index in [1.165, 1.54) is 0 Å². The Hall–Kier alpha value is -1.63. The summed E-state index contributed by atoms with van der Waals surface area (Å²) in [6, 6.07) is -0.189. The van der Waals surface area contributed by atoms with Crippen LogP contribution in [0, 0.1) is 0 Å². The predicted octanol–water partition coefficient (Wildman–Crippen LogP) is -0.0811. The lowest BCUT2D eigenvalue weighted by atomic mass is 10.2. The minimum atomic E-state index is -0.394. The van der Waals surface area contributed by atoms with Crippen molar-refractivity contribution < 1.29 is 14.4 Å². The van der Waals surface area contributed by atoms with E-state index in [1.54, 1.807) is 11.8 Å². The molecule has 2 fully saturated rings. The lowest BCUT2D eigenvalue weighted by molar-refractivity contribution is -0.130. The highest BCUT2D eigenvalue weighted by Gasteiger charge is 2.22. The summed E-state index contributed by atoms with van der Waals surface area (Å²) in [5.74, 6) is -0.225. The zero-order valence-electron chi connectivity index (χ0n) is 12.6. The van der Waals surface area contributed by atoms with E-state index in [0.717, 1.165) is 25.7 Å². The summed E-state index contributed by atoms with van der Waals surface area (Å²) >= 11 is 0. The van der Waals surface area contributed by atoms with E-state index in [-0.39, 0.29) is 24.4 Å². The van der Waals surface area contributed by atoms with Crippen LogP contribution < -0.4 is 10.6 Å². The van der Waals surface area contributed by atoms with Crippen LogP contribution in [0.25, 0.3) is 0 Å². The first-order valence-electron chi connectivity index (χ1n) is 7.63. The van der Waals surface area contributed by atoms with Crippen LogP contribution in [0.3, 0.4) is 0 Å². The van der Waals surface area contributed by atoms with Crippen LogP contribution >= 0.6 is 0 Å². The molecule has 118 valence electrons. The summed E-state index contributed by atoms with van der Waals surface area (Å²) < 4.78 is 0. The summed E-state index contributed by atoms with van der Waals surface area (Å²) in [6.45, 7) is 4.35. The second-order valence-corrected chi connectivity index (χ2v) is 5.79. The van der Waals surface area contributed by atoms with Crippen LogP contribution in [-0.4, -0.2) is 66.4 Å². The highest BCUT2D eigenvalue weighted by atomic mass is 16.2. The van der Waals surface area contributed by atoms with E-state index in [2.05, 4.69) is 10.6 Å². The highest BCUT2D eigenvalue weighted by molar-refractivity contribution is 5.95. The van der Waals surface area contributed by atoms with E-state index in [9.17, 15) is 14.4 Å². The molecule has 4 amide bonds. The van der Waals surface area contributed by atoms with Gasteiger partial charge >= 0.3 is 6.03 Å². The Bertz CT molecular complexity index is 399. The number of rotatable bonds is 3. The number of hydrogen-bond donors (Lipinski definition) is 2. The van der Waals surface area contributed by atoms with Gasteiger partial charge in [0.1, 0.15) is 0 Å². The average Bonchev–Trinajstić information content (AvgIpc) is 2.91. The fourth-order valence-corrected chi connectivity index (χ4v) is 2.88. The molecule has 1 saturated heterocycles. The molecule has 7 heteroatoms. The molecule has 2 aliphatic rings.